The first-order valence-corrected chi connectivity index (χ1v) is 10.5. The molecule has 1 aliphatic heterocycles. The standard InChI is InChI=1S/C18H21N5O5S/c19-10-15(11-20)22-17(24)13-29(26,27)16(14-4-2-1-3-5-14)12-21-18(25)23-6-8-28-9-7-23/h1-5,15-16H,6-9,12-13H2,(H,21,25)(H,22,24)/t16-/m0/s1. The lowest BCUT2D eigenvalue weighted by Crippen LogP contribution is -2.48. The van der Waals surface area contributed by atoms with Crippen LogP contribution in [0.15, 0.2) is 30.3 Å². The molecule has 10 nitrogen and oxygen atoms in total. The molecule has 1 fully saturated rings. The number of hydrogen-bond donors (Lipinski definition) is 2. The van der Waals surface area contributed by atoms with Crippen molar-refractivity contribution in [1.29, 1.82) is 10.5 Å². The van der Waals surface area contributed by atoms with E-state index >= 15 is 0 Å². The molecule has 1 aliphatic rings. The molecule has 1 heterocycles. The zero-order valence-electron chi connectivity index (χ0n) is 15.6. The van der Waals surface area contributed by atoms with Crippen molar-refractivity contribution < 1.29 is 22.7 Å². The Hall–Kier alpha value is -3.15. The first-order valence-electron chi connectivity index (χ1n) is 8.83. The maximum atomic E-state index is 12.9. The third-order valence-electron chi connectivity index (χ3n) is 4.24. The Morgan fingerprint density at radius 2 is 1.76 bits per heavy atom. The maximum absolute atomic E-state index is 12.9. The fourth-order valence-corrected chi connectivity index (χ4v) is 4.32. The van der Waals surface area contributed by atoms with Gasteiger partial charge in [-0.3, -0.25) is 4.79 Å². The highest BCUT2D eigenvalue weighted by atomic mass is 32.2. The smallest absolute Gasteiger partial charge is 0.317 e. The molecule has 0 unspecified atom stereocenters. The van der Waals surface area contributed by atoms with Crippen molar-refractivity contribution in [3.8, 4) is 12.1 Å². The zero-order chi connectivity index (χ0) is 21.3. The van der Waals surface area contributed by atoms with Gasteiger partial charge in [-0.05, 0) is 5.56 Å². The molecular weight excluding hydrogens is 398 g/mol. The molecule has 1 saturated heterocycles. The summed E-state index contributed by atoms with van der Waals surface area (Å²) in [6.07, 6.45) is 0. The highest BCUT2D eigenvalue weighted by Gasteiger charge is 2.31. The van der Waals surface area contributed by atoms with Gasteiger partial charge in [0, 0.05) is 19.6 Å². The van der Waals surface area contributed by atoms with Crippen LogP contribution in [0.1, 0.15) is 10.8 Å². The first-order chi connectivity index (χ1) is 13.9. The lowest BCUT2D eigenvalue weighted by atomic mass is 10.1. The molecule has 0 saturated carbocycles. The predicted octanol–water partition coefficient (Wildman–Crippen LogP) is -0.284. The summed E-state index contributed by atoms with van der Waals surface area (Å²) in [7, 11) is -4.05. The number of carbonyl (C=O) groups is 2. The van der Waals surface area contributed by atoms with Crippen molar-refractivity contribution in [3.05, 3.63) is 35.9 Å². The van der Waals surface area contributed by atoms with Gasteiger partial charge in [0.25, 0.3) is 0 Å². The molecule has 0 spiro atoms. The van der Waals surface area contributed by atoms with Gasteiger partial charge in [0.15, 0.2) is 9.84 Å². The van der Waals surface area contributed by atoms with E-state index in [1.54, 1.807) is 42.5 Å². The van der Waals surface area contributed by atoms with E-state index in [9.17, 15) is 18.0 Å². The van der Waals surface area contributed by atoms with Gasteiger partial charge < -0.3 is 20.3 Å². The number of nitriles is 2. The number of morpholine rings is 1. The fourth-order valence-electron chi connectivity index (χ4n) is 2.76. The molecule has 29 heavy (non-hydrogen) atoms. The fraction of sp³-hybridized carbons (Fsp3) is 0.444. The molecule has 0 radical (unpaired) electrons. The second-order valence-electron chi connectivity index (χ2n) is 6.25. The summed E-state index contributed by atoms with van der Waals surface area (Å²) in [4.78, 5) is 25.8. The Morgan fingerprint density at radius 1 is 1.14 bits per heavy atom. The summed E-state index contributed by atoms with van der Waals surface area (Å²) in [6.45, 7) is 1.40. The molecule has 0 aliphatic carbocycles. The van der Waals surface area contributed by atoms with Crippen molar-refractivity contribution >= 4 is 21.8 Å². The van der Waals surface area contributed by atoms with Crippen LogP contribution in [0.4, 0.5) is 4.79 Å². The van der Waals surface area contributed by atoms with Gasteiger partial charge in [-0.1, -0.05) is 30.3 Å². The minimum absolute atomic E-state index is 0.226. The Kier molecular flexibility index (Phi) is 7.95. The van der Waals surface area contributed by atoms with Gasteiger partial charge in [0.1, 0.15) is 23.1 Å². The summed E-state index contributed by atoms with van der Waals surface area (Å²) >= 11 is 0. The summed E-state index contributed by atoms with van der Waals surface area (Å²) in [5.41, 5.74) is 0.416. The Balaban J connectivity index is 2.12. The third-order valence-corrected chi connectivity index (χ3v) is 6.21. The number of nitrogens with zero attached hydrogens (tertiary/aromatic N) is 3. The number of carbonyl (C=O) groups excluding carboxylic acids is 2. The number of sulfone groups is 1. The summed E-state index contributed by atoms with van der Waals surface area (Å²) in [5.74, 6) is -1.88. The quantitative estimate of drug-likeness (QED) is 0.616. The highest BCUT2D eigenvalue weighted by molar-refractivity contribution is 7.92. The van der Waals surface area contributed by atoms with E-state index in [1.807, 2.05) is 5.32 Å². The molecule has 1 aromatic carbocycles. The van der Waals surface area contributed by atoms with Crippen molar-refractivity contribution in [1.82, 2.24) is 15.5 Å². The van der Waals surface area contributed by atoms with Crippen molar-refractivity contribution in [2.75, 3.05) is 38.6 Å². The highest BCUT2D eigenvalue weighted by Crippen LogP contribution is 2.22. The van der Waals surface area contributed by atoms with Crippen LogP contribution in [0, 0.1) is 22.7 Å². The second kappa shape index (κ2) is 10.4. The molecule has 1 atom stereocenters. The third kappa shape index (κ3) is 6.45. The number of hydrogen-bond acceptors (Lipinski definition) is 7. The Morgan fingerprint density at radius 3 is 2.34 bits per heavy atom. The van der Waals surface area contributed by atoms with Crippen LogP contribution >= 0.6 is 0 Å². The molecule has 2 rings (SSSR count). The molecule has 0 bridgehead atoms. The van der Waals surface area contributed by atoms with E-state index in [-0.39, 0.29) is 6.54 Å². The molecule has 1 aromatic rings. The van der Waals surface area contributed by atoms with E-state index < -0.39 is 38.8 Å². The zero-order valence-corrected chi connectivity index (χ0v) is 16.4. The summed E-state index contributed by atoms with van der Waals surface area (Å²) < 4.78 is 30.9. The monoisotopic (exact) mass is 419 g/mol. The minimum atomic E-state index is -4.05. The second-order valence-corrected chi connectivity index (χ2v) is 8.43. The summed E-state index contributed by atoms with van der Waals surface area (Å²) in [6, 6.07) is 9.45. The van der Waals surface area contributed by atoms with Crippen molar-refractivity contribution in [2.45, 2.75) is 11.3 Å². The lowest BCUT2D eigenvalue weighted by molar-refractivity contribution is -0.118. The van der Waals surface area contributed by atoms with Crippen LogP contribution in [0.3, 0.4) is 0 Å². The van der Waals surface area contributed by atoms with Gasteiger partial charge in [-0.2, -0.15) is 10.5 Å². The van der Waals surface area contributed by atoms with Crippen LogP contribution in [0.2, 0.25) is 0 Å². The lowest BCUT2D eigenvalue weighted by Gasteiger charge is -2.28. The largest absolute Gasteiger partial charge is 0.378 e. The SMILES string of the molecule is N#CC(C#N)NC(=O)CS(=O)(=O)[C@@H](CNC(=O)N1CCOCC1)c1ccccc1. The molecule has 2 N–H and O–H groups in total. The van der Waals surface area contributed by atoms with Crippen molar-refractivity contribution in [2.24, 2.45) is 0 Å². The van der Waals surface area contributed by atoms with Crippen LogP contribution in [-0.4, -0.2) is 69.9 Å². The number of nitrogens with one attached hydrogen (secondary N) is 2. The Labute approximate surface area is 169 Å². The Bertz CT molecular complexity index is 887. The number of urea groups is 1. The van der Waals surface area contributed by atoms with E-state index in [2.05, 4.69) is 5.32 Å². The average molecular weight is 419 g/mol. The normalized spacial score (nSPS) is 15.1. The number of amides is 3. The topological polar surface area (TPSA) is 152 Å². The molecule has 0 aromatic heterocycles. The van der Waals surface area contributed by atoms with Crippen LogP contribution in [0.25, 0.3) is 0 Å². The van der Waals surface area contributed by atoms with E-state index in [1.165, 1.54) is 4.90 Å². The van der Waals surface area contributed by atoms with Crippen LogP contribution < -0.4 is 10.6 Å². The van der Waals surface area contributed by atoms with E-state index in [4.69, 9.17) is 15.3 Å². The average Bonchev–Trinajstić information content (AvgIpc) is 2.72. The summed E-state index contributed by atoms with van der Waals surface area (Å²) in [5, 5.41) is 21.0. The molecule has 154 valence electrons. The van der Waals surface area contributed by atoms with Crippen molar-refractivity contribution in [3.63, 3.8) is 0 Å². The molecule has 11 heteroatoms. The number of rotatable bonds is 7. The number of ether oxygens (including phenoxy) is 1. The van der Waals surface area contributed by atoms with Gasteiger partial charge >= 0.3 is 6.03 Å². The van der Waals surface area contributed by atoms with Crippen LogP contribution in [-0.2, 0) is 19.4 Å². The van der Waals surface area contributed by atoms with Gasteiger partial charge in [-0.15, -0.1) is 0 Å². The molecular formula is C18H21N5O5S. The first kappa shape index (κ1) is 22.1. The van der Waals surface area contributed by atoms with E-state index in [0.29, 0.717) is 31.9 Å². The van der Waals surface area contributed by atoms with Gasteiger partial charge in [-0.25, -0.2) is 13.2 Å². The van der Waals surface area contributed by atoms with Crippen LogP contribution in [0.5, 0.6) is 0 Å². The predicted molar refractivity (Wildman–Crippen MR) is 102 cm³/mol. The minimum Gasteiger partial charge on any atom is -0.378 e. The maximum Gasteiger partial charge on any atom is 0.317 e. The van der Waals surface area contributed by atoms with Gasteiger partial charge in [0.05, 0.1) is 13.2 Å². The van der Waals surface area contributed by atoms with Gasteiger partial charge in [0.2, 0.25) is 11.9 Å². The van der Waals surface area contributed by atoms with E-state index in [0.717, 1.165) is 0 Å². The molecule has 3 amide bonds. The number of benzene rings is 1.